The second kappa shape index (κ2) is 5.82. The summed E-state index contributed by atoms with van der Waals surface area (Å²) >= 11 is 1.43. The zero-order valence-corrected chi connectivity index (χ0v) is 13.6. The fourth-order valence-electron chi connectivity index (χ4n) is 2.56. The number of carbonyl (C=O) groups excluding carboxylic acids is 1. The molecule has 1 amide bonds. The van der Waals surface area contributed by atoms with Gasteiger partial charge in [-0.1, -0.05) is 22.6 Å². The minimum absolute atomic E-state index is 0.0607. The number of thiazole rings is 1. The van der Waals surface area contributed by atoms with Crippen LogP contribution in [0.2, 0.25) is 0 Å². The molecule has 0 saturated carbocycles. The normalized spacial score (nSPS) is 14.8. The molecule has 1 aliphatic heterocycles. The highest BCUT2D eigenvalue weighted by atomic mass is 32.1. The lowest BCUT2D eigenvalue weighted by molar-refractivity contribution is -0.126. The number of rotatable bonds is 4. The lowest BCUT2D eigenvalue weighted by Gasteiger charge is -2.37. The molecule has 24 heavy (non-hydrogen) atoms. The molecule has 7 nitrogen and oxygen atoms in total. The fraction of sp³-hybridized carbons (Fsp3) is 0.333. The number of anilines is 1. The summed E-state index contributed by atoms with van der Waals surface area (Å²) in [6, 6.07) is 4.92. The van der Waals surface area contributed by atoms with Gasteiger partial charge in [-0.15, -0.1) is 0 Å². The van der Waals surface area contributed by atoms with E-state index >= 15 is 0 Å². The molecule has 1 saturated heterocycles. The summed E-state index contributed by atoms with van der Waals surface area (Å²) in [5.74, 6) is 0.427. The van der Waals surface area contributed by atoms with Gasteiger partial charge in [-0.25, -0.2) is 9.37 Å². The molecular weight excluding hydrogens is 333 g/mol. The van der Waals surface area contributed by atoms with Crippen molar-refractivity contribution >= 4 is 32.6 Å². The van der Waals surface area contributed by atoms with Gasteiger partial charge in [0.2, 0.25) is 11.8 Å². The maximum atomic E-state index is 13.7. The van der Waals surface area contributed by atoms with E-state index in [-0.39, 0.29) is 24.2 Å². The molecule has 4 rings (SSSR count). The van der Waals surface area contributed by atoms with Crippen LogP contribution in [-0.2, 0) is 11.3 Å². The first-order valence-corrected chi connectivity index (χ1v) is 8.28. The number of nitrogens with zero attached hydrogens (tertiary/aromatic N) is 4. The standard InChI is InChI=1S/C15H14FN5O2S/c1-8-18-12(23-20-8)5-17-14(22)9-6-21(7-9)15-19-13-10(16)3-2-4-11(13)24-15/h2-4,9H,5-7H2,1H3,(H,17,22). The first-order chi connectivity index (χ1) is 11.6. The van der Waals surface area contributed by atoms with E-state index in [0.29, 0.717) is 30.3 Å². The summed E-state index contributed by atoms with van der Waals surface area (Å²) in [5.41, 5.74) is 0.386. The van der Waals surface area contributed by atoms with Gasteiger partial charge in [-0.2, -0.15) is 4.98 Å². The summed E-state index contributed by atoms with van der Waals surface area (Å²) < 4.78 is 19.5. The van der Waals surface area contributed by atoms with Gasteiger partial charge in [0.05, 0.1) is 17.2 Å². The Labute approximate surface area is 140 Å². The molecule has 3 aromatic rings. The van der Waals surface area contributed by atoms with Crippen LogP contribution < -0.4 is 10.2 Å². The van der Waals surface area contributed by atoms with E-state index in [1.807, 2.05) is 11.0 Å². The van der Waals surface area contributed by atoms with Gasteiger partial charge >= 0.3 is 0 Å². The van der Waals surface area contributed by atoms with Gasteiger partial charge in [0.15, 0.2) is 11.0 Å². The van der Waals surface area contributed by atoms with Crippen molar-refractivity contribution in [3.63, 3.8) is 0 Å². The van der Waals surface area contributed by atoms with Crippen molar-refractivity contribution in [1.82, 2.24) is 20.4 Å². The Kier molecular flexibility index (Phi) is 3.64. The summed E-state index contributed by atoms with van der Waals surface area (Å²) in [5, 5.41) is 7.20. The van der Waals surface area contributed by atoms with Crippen molar-refractivity contribution in [3.05, 3.63) is 35.7 Å². The number of aromatic nitrogens is 3. The summed E-state index contributed by atoms with van der Waals surface area (Å²) in [7, 11) is 0. The van der Waals surface area contributed by atoms with Crippen LogP contribution in [0.3, 0.4) is 0 Å². The van der Waals surface area contributed by atoms with Crippen LogP contribution >= 0.6 is 11.3 Å². The van der Waals surface area contributed by atoms with Crippen LogP contribution in [0.15, 0.2) is 22.7 Å². The zero-order chi connectivity index (χ0) is 16.7. The molecule has 1 fully saturated rings. The molecule has 0 aliphatic carbocycles. The predicted octanol–water partition coefficient (Wildman–Crippen LogP) is 1.88. The molecule has 1 aliphatic rings. The smallest absolute Gasteiger partial charge is 0.246 e. The van der Waals surface area contributed by atoms with Crippen LogP contribution in [0.25, 0.3) is 10.2 Å². The van der Waals surface area contributed by atoms with E-state index < -0.39 is 0 Å². The molecule has 0 unspecified atom stereocenters. The van der Waals surface area contributed by atoms with Crippen LogP contribution in [-0.4, -0.2) is 34.1 Å². The third kappa shape index (κ3) is 2.71. The van der Waals surface area contributed by atoms with Crippen LogP contribution in [0.5, 0.6) is 0 Å². The molecule has 9 heteroatoms. The number of nitrogens with one attached hydrogen (secondary N) is 1. The van der Waals surface area contributed by atoms with Crippen LogP contribution in [0.4, 0.5) is 9.52 Å². The number of amides is 1. The molecule has 1 N–H and O–H groups in total. The van der Waals surface area contributed by atoms with Crippen molar-refractivity contribution in [2.24, 2.45) is 5.92 Å². The Morgan fingerprint density at radius 2 is 2.29 bits per heavy atom. The zero-order valence-electron chi connectivity index (χ0n) is 12.8. The number of para-hydroxylation sites is 1. The van der Waals surface area contributed by atoms with Gasteiger partial charge in [-0.05, 0) is 19.1 Å². The Morgan fingerprint density at radius 1 is 1.46 bits per heavy atom. The number of hydrogen-bond donors (Lipinski definition) is 1. The van der Waals surface area contributed by atoms with Crippen molar-refractivity contribution < 1.29 is 13.7 Å². The summed E-state index contributed by atoms with van der Waals surface area (Å²) in [4.78, 5) is 22.4. The quantitative estimate of drug-likeness (QED) is 0.776. The maximum Gasteiger partial charge on any atom is 0.246 e. The van der Waals surface area contributed by atoms with E-state index in [4.69, 9.17) is 4.52 Å². The van der Waals surface area contributed by atoms with Crippen LogP contribution in [0.1, 0.15) is 11.7 Å². The number of benzene rings is 1. The molecule has 2 aromatic heterocycles. The fourth-order valence-corrected chi connectivity index (χ4v) is 3.56. The number of fused-ring (bicyclic) bond motifs is 1. The number of hydrogen-bond acceptors (Lipinski definition) is 7. The second-order valence-electron chi connectivity index (χ2n) is 5.64. The monoisotopic (exact) mass is 347 g/mol. The summed E-state index contributed by atoms with van der Waals surface area (Å²) in [6.07, 6.45) is 0. The molecule has 0 bridgehead atoms. The first-order valence-electron chi connectivity index (χ1n) is 7.47. The van der Waals surface area contributed by atoms with E-state index in [0.717, 1.165) is 9.83 Å². The first kappa shape index (κ1) is 15.0. The van der Waals surface area contributed by atoms with Crippen molar-refractivity contribution in [3.8, 4) is 0 Å². The third-order valence-electron chi connectivity index (χ3n) is 3.86. The Hall–Kier alpha value is -2.55. The largest absolute Gasteiger partial charge is 0.347 e. The van der Waals surface area contributed by atoms with Crippen molar-refractivity contribution in [1.29, 1.82) is 0 Å². The van der Waals surface area contributed by atoms with Gasteiger partial charge < -0.3 is 14.7 Å². The highest BCUT2D eigenvalue weighted by molar-refractivity contribution is 7.22. The average Bonchev–Trinajstić information content (AvgIpc) is 3.11. The van der Waals surface area contributed by atoms with Crippen LogP contribution in [0, 0.1) is 18.7 Å². The maximum absolute atomic E-state index is 13.7. The van der Waals surface area contributed by atoms with Gasteiger partial charge in [0.25, 0.3) is 0 Å². The lowest BCUT2D eigenvalue weighted by Crippen LogP contribution is -2.53. The molecule has 1 aromatic carbocycles. The SMILES string of the molecule is Cc1noc(CNC(=O)C2CN(c3nc4c(F)cccc4s3)C2)n1. The highest BCUT2D eigenvalue weighted by Gasteiger charge is 2.34. The molecule has 0 spiro atoms. The second-order valence-corrected chi connectivity index (χ2v) is 6.65. The van der Waals surface area contributed by atoms with Gasteiger partial charge in [0.1, 0.15) is 11.3 Å². The molecule has 3 heterocycles. The molecule has 0 radical (unpaired) electrons. The Balaban J connectivity index is 1.35. The minimum Gasteiger partial charge on any atom is -0.347 e. The Bertz CT molecular complexity index is 902. The number of aryl methyl sites for hydroxylation is 1. The predicted molar refractivity (Wildman–Crippen MR) is 86.2 cm³/mol. The topological polar surface area (TPSA) is 84.2 Å². The average molecular weight is 347 g/mol. The lowest BCUT2D eigenvalue weighted by atomic mass is 10.0. The molecule has 0 atom stereocenters. The van der Waals surface area contributed by atoms with E-state index in [9.17, 15) is 9.18 Å². The Morgan fingerprint density at radius 3 is 3.00 bits per heavy atom. The summed E-state index contributed by atoms with van der Waals surface area (Å²) in [6.45, 7) is 3.08. The molecular formula is C15H14FN5O2S. The number of carbonyl (C=O) groups is 1. The van der Waals surface area contributed by atoms with E-state index in [2.05, 4.69) is 20.4 Å². The van der Waals surface area contributed by atoms with Crippen molar-refractivity contribution in [2.45, 2.75) is 13.5 Å². The molecule has 124 valence electrons. The van der Waals surface area contributed by atoms with Gasteiger partial charge in [0, 0.05) is 13.1 Å². The van der Waals surface area contributed by atoms with Gasteiger partial charge in [-0.3, -0.25) is 4.79 Å². The van der Waals surface area contributed by atoms with Crippen molar-refractivity contribution in [2.75, 3.05) is 18.0 Å². The third-order valence-corrected chi connectivity index (χ3v) is 4.95. The minimum atomic E-state index is -0.320. The van der Waals surface area contributed by atoms with E-state index in [1.165, 1.54) is 17.4 Å². The number of halogens is 1. The highest BCUT2D eigenvalue weighted by Crippen LogP contribution is 2.33. The van der Waals surface area contributed by atoms with E-state index in [1.54, 1.807) is 13.0 Å².